The van der Waals surface area contributed by atoms with E-state index in [0.717, 1.165) is 7.11 Å². The van der Waals surface area contributed by atoms with E-state index in [1.165, 1.54) is 42.5 Å². The summed E-state index contributed by atoms with van der Waals surface area (Å²) in [5.74, 6) is -1.71. The van der Waals surface area contributed by atoms with Gasteiger partial charge in [-0.3, -0.25) is 4.72 Å². The maximum Gasteiger partial charge on any atom is 0.339 e. The number of sulfonamides is 1. The molecule has 2 aromatic carbocycles. The standard InChI is InChI=1S/C14H11ClFNO4S/c1-21-14(18)9-5-2-3-8-12(9)22(19,20)17-11-7-4-6-10(15)13(11)16/h2-8,17H,1H3. The second-order valence-electron chi connectivity index (χ2n) is 4.19. The molecule has 0 amide bonds. The predicted octanol–water partition coefficient (Wildman–Crippen LogP) is 3.07. The van der Waals surface area contributed by atoms with Crippen LogP contribution in [-0.4, -0.2) is 21.5 Å². The van der Waals surface area contributed by atoms with Crippen LogP contribution in [0.2, 0.25) is 5.02 Å². The molecule has 0 atom stereocenters. The van der Waals surface area contributed by atoms with Gasteiger partial charge in [-0.05, 0) is 24.3 Å². The lowest BCUT2D eigenvalue weighted by Gasteiger charge is -2.12. The molecule has 0 bridgehead atoms. The first-order chi connectivity index (χ1) is 10.4. The Bertz CT molecular complexity index is 823. The highest BCUT2D eigenvalue weighted by molar-refractivity contribution is 7.92. The highest BCUT2D eigenvalue weighted by Gasteiger charge is 2.24. The van der Waals surface area contributed by atoms with Gasteiger partial charge in [-0.25, -0.2) is 17.6 Å². The third-order valence-corrected chi connectivity index (χ3v) is 4.49. The lowest BCUT2D eigenvalue weighted by atomic mass is 10.2. The van der Waals surface area contributed by atoms with E-state index in [9.17, 15) is 17.6 Å². The van der Waals surface area contributed by atoms with E-state index in [2.05, 4.69) is 9.46 Å². The number of hydrogen-bond donors (Lipinski definition) is 1. The molecule has 0 heterocycles. The van der Waals surface area contributed by atoms with Gasteiger partial charge >= 0.3 is 5.97 Å². The summed E-state index contributed by atoms with van der Waals surface area (Å²) in [6.07, 6.45) is 0. The first-order valence-electron chi connectivity index (χ1n) is 6.01. The molecular formula is C14H11ClFNO4S. The lowest BCUT2D eigenvalue weighted by molar-refractivity contribution is 0.0596. The molecule has 22 heavy (non-hydrogen) atoms. The number of esters is 1. The van der Waals surface area contributed by atoms with Crippen molar-refractivity contribution in [2.24, 2.45) is 0 Å². The van der Waals surface area contributed by atoms with Crippen molar-refractivity contribution < 1.29 is 22.3 Å². The normalized spacial score (nSPS) is 11.0. The zero-order valence-electron chi connectivity index (χ0n) is 11.3. The van der Waals surface area contributed by atoms with Crippen LogP contribution in [0.3, 0.4) is 0 Å². The van der Waals surface area contributed by atoms with Gasteiger partial charge in [-0.2, -0.15) is 0 Å². The van der Waals surface area contributed by atoms with Crippen LogP contribution in [0, 0.1) is 5.82 Å². The molecule has 0 saturated heterocycles. The molecule has 0 unspecified atom stereocenters. The van der Waals surface area contributed by atoms with E-state index in [0.29, 0.717) is 0 Å². The summed E-state index contributed by atoms with van der Waals surface area (Å²) in [7, 11) is -3.05. The van der Waals surface area contributed by atoms with Crippen molar-refractivity contribution in [3.05, 3.63) is 58.9 Å². The van der Waals surface area contributed by atoms with Crippen molar-refractivity contribution in [1.82, 2.24) is 0 Å². The highest BCUT2D eigenvalue weighted by atomic mass is 35.5. The molecule has 0 aliphatic rings. The van der Waals surface area contributed by atoms with E-state index in [4.69, 9.17) is 11.6 Å². The molecule has 0 saturated carbocycles. The Morgan fingerprint density at radius 1 is 1.18 bits per heavy atom. The molecule has 0 aromatic heterocycles. The Morgan fingerprint density at radius 3 is 2.55 bits per heavy atom. The minimum atomic E-state index is -4.19. The molecule has 8 heteroatoms. The third kappa shape index (κ3) is 3.20. The van der Waals surface area contributed by atoms with Crippen LogP contribution in [0.25, 0.3) is 0 Å². The van der Waals surface area contributed by atoms with Crippen LogP contribution < -0.4 is 4.72 Å². The second kappa shape index (κ2) is 6.33. The molecule has 0 fully saturated rings. The van der Waals surface area contributed by atoms with Crippen LogP contribution in [0.1, 0.15) is 10.4 Å². The maximum absolute atomic E-state index is 13.8. The van der Waals surface area contributed by atoms with Gasteiger partial charge in [0, 0.05) is 0 Å². The van der Waals surface area contributed by atoms with Crippen LogP contribution in [0.5, 0.6) is 0 Å². The first kappa shape index (κ1) is 16.3. The molecule has 1 N–H and O–H groups in total. The number of nitrogens with one attached hydrogen (secondary N) is 1. The Morgan fingerprint density at radius 2 is 1.86 bits per heavy atom. The molecule has 116 valence electrons. The van der Waals surface area contributed by atoms with E-state index >= 15 is 0 Å². The van der Waals surface area contributed by atoms with Gasteiger partial charge in [0.1, 0.15) is 4.90 Å². The quantitative estimate of drug-likeness (QED) is 0.866. The number of halogens is 2. The minimum absolute atomic E-state index is 0.153. The SMILES string of the molecule is COC(=O)c1ccccc1S(=O)(=O)Nc1cccc(Cl)c1F. The average Bonchev–Trinajstić information content (AvgIpc) is 2.51. The second-order valence-corrected chi connectivity index (χ2v) is 6.25. The maximum atomic E-state index is 13.8. The zero-order chi connectivity index (χ0) is 16.3. The Hall–Kier alpha value is -2.12. The molecule has 2 rings (SSSR count). The van der Waals surface area contributed by atoms with Gasteiger partial charge in [-0.15, -0.1) is 0 Å². The number of ether oxygens (including phenoxy) is 1. The summed E-state index contributed by atoms with van der Waals surface area (Å²) < 4.78 is 45.2. The fraction of sp³-hybridized carbons (Fsp3) is 0.0714. The van der Waals surface area contributed by atoms with Crippen molar-refractivity contribution in [2.75, 3.05) is 11.8 Å². The van der Waals surface area contributed by atoms with E-state index < -0.39 is 21.8 Å². The zero-order valence-corrected chi connectivity index (χ0v) is 12.9. The van der Waals surface area contributed by atoms with Crippen molar-refractivity contribution in [3.63, 3.8) is 0 Å². The van der Waals surface area contributed by atoms with Crippen LogP contribution in [-0.2, 0) is 14.8 Å². The summed E-state index contributed by atoms with van der Waals surface area (Å²) in [5.41, 5.74) is -0.466. The van der Waals surface area contributed by atoms with Crippen molar-refractivity contribution >= 4 is 33.3 Å². The van der Waals surface area contributed by atoms with Crippen LogP contribution in [0.15, 0.2) is 47.4 Å². The Labute approximate surface area is 131 Å². The van der Waals surface area contributed by atoms with E-state index in [1.54, 1.807) is 0 Å². The smallest absolute Gasteiger partial charge is 0.339 e. The molecule has 0 radical (unpaired) electrons. The summed E-state index contributed by atoms with van der Waals surface area (Å²) in [6.45, 7) is 0. The van der Waals surface area contributed by atoms with E-state index in [-0.39, 0.29) is 21.2 Å². The topological polar surface area (TPSA) is 72.5 Å². The Balaban J connectivity index is 2.48. The third-order valence-electron chi connectivity index (χ3n) is 2.78. The molecule has 0 aliphatic heterocycles. The van der Waals surface area contributed by atoms with Gasteiger partial charge < -0.3 is 4.74 Å². The summed E-state index contributed by atoms with van der Waals surface area (Å²) >= 11 is 5.61. The lowest BCUT2D eigenvalue weighted by Crippen LogP contribution is -2.18. The monoisotopic (exact) mass is 343 g/mol. The number of carbonyl (C=O) groups is 1. The molecular weight excluding hydrogens is 333 g/mol. The molecule has 0 spiro atoms. The first-order valence-corrected chi connectivity index (χ1v) is 7.87. The van der Waals surface area contributed by atoms with Gasteiger partial charge in [0.25, 0.3) is 10.0 Å². The van der Waals surface area contributed by atoms with Gasteiger partial charge in [0.15, 0.2) is 5.82 Å². The van der Waals surface area contributed by atoms with Crippen LogP contribution >= 0.6 is 11.6 Å². The van der Waals surface area contributed by atoms with Crippen molar-refractivity contribution in [3.8, 4) is 0 Å². The van der Waals surface area contributed by atoms with Crippen LogP contribution in [0.4, 0.5) is 10.1 Å². The largest absolute Gasteiger partial charge is 0.465 e. The highest BCUT2D eigenvalue weighted by Crippen LogP contribution is 2.25. The predicted molar refractivity (Wildman–Crippen MR) is 80.0 cm³/mol. The van der Waals surface area contributed by atoms with Crippen molar-refractivity contribution in [2.45, 2.75) is 4.90 Å². The summed E-state index contributed by atoms with van der Waals surface area (Å²) in [4.78, 5) is 11.3. The number of anilines is 1. The fourth-order valence-corrected chi connectivity index (χ4v) is 3.19. The number of hydrogen-bond acceptors (Lipinski definition) is 4. The van der Waals surface area contributed by atoms with Gasteiger partial charge in [0.05, 0.1) is 23.4 Å². The Kier molecular flexibility index (Phi) is 4.68. The van der Waals surface area contributed by atoms with Gasteiger partial charge in [0.2, 0.25) is 0 Å². The molecule has 0 aliphatic carbocycles. The molecule has 5 nitrogen and oxygen atoms in total. The summed E-state index contributed by atoms with van der Waals surface area (Å²) in [5, 5.41) is -0.221. The molecule has 2 aromatic rings. The summed E-state index contributed by atoms with van der Waals surface area (Å²) in [6, 6.07) is 9.36. The number of benzene rings is 2. The number of rotatable bonds is 4. The number of methoxy groups -OCH3 is 1. The number of carbonyl (C=O) groups excluding carboxylic acids is 1. The van der Waals surface area contributed by atoms with E-state index in [1.807, 2.05) is 0 Å². The van der Waals surface area contributed by atoms with Gasteiger partial charge in [-0.1, -0.05) is 29.8 Å². The van der Waals surface area contributed by atoms with Crippen molar-refractivity contribution in [1.29, 1.82) is 0 Å². The fourth-order valence-electron chi connectivity index (χ4n) is 1.76. The minimum Gasteiger partial charge on any atom is -0.465 e. The average molecular weight is 344 g/mol.